The Hall–Kier alpha value is -2.12. The molecule has 26 heavy (non-hydrogen) atoms. The van der Waals surface area contributed by atoms with E-state index >= 15 is 0 Å². The van der Waals surface area contributed by atoms with Crippen molar-refractivity contribution in [3.8, 4) is 0 Å². The van der Waals surface area contributed by atoms with Gasteiger partial charge in [-0.25, -0.2) is 8.42 Å². The Balaban J connectivity index is 2.40. The molecule has 0 aliphatic heterocycles. The Kier molecular flexibility index (Phi) is 5.93. The molecule has 0 fully saturated rings. The minimum absolute atomic E-state index is 0.204. The summed E-state index contributed by atoms with van der Waals surface area (Å²) in [6, 6.07) is 4.91. The molecule has 0 saturated carbocycles. The van der Waals surface area contributed by atoms with E-state index in [2.05, 4.69) is 5.32 Å². The predicted octanol–water partition coefficient (Wildman–Crippen LogP) is 3.80. The number of amides is 1. The van der Waals surface area contributed by atoms with Crippen molar-refractivity contribution in [3.63, 3.8) is 0 Å². The monoisotopic (exact) mass is 378 g/mol. The highest BCUT2D eigenvalue weighted by Crippen LogP contribution is 2.26. The van der Waals surface area contributed by atoms with Crippen molar-refractivity contribution in [2.24, 2.45) is 0 Å². The number of rotatable bonds is 6. The van der Waals surface area contributed by atoms with Gasteiger partial charge in [0.05, 0.1) is 10.5 Å². The zero-order valence-electron chi connectivity index (χ0n) is 16.1. The van der Waals surface area contributed by atoms with E-state index in [9.17, 15) is 13.2 Å². The van der Waals surface area contributed by atoms with Crippen molar-refractivity contribution < 1.29 is 17.6 Å². The van der Waals surface area contributed by atoms with Crippen LogP contribution < -0.4 is 5.32 Å². The van der Waals surface area contributed by atoms with Gasteiger partial charge in [-0.2, -0.15) is 4.31 Å². The van der Waals surface area contributed by atoms with Gasteiger partial charge < -0.3 is 9.73 Å². The molecular formula is C19H26N2O4S. The van der Waals surface area contributed by atoms with Crippen molar-refractivity contribution >= 4 is 21.6 Å². The van der Waals surface area contributed by atoms with E-state index < -0.39 is 10.0 Å². The predicted molar refractivity (Wildman–Crippen MR) is 102 cm³/mol. The summed E-state index contributed by atoms with van der Waals surface area (Å²) in [5.74, 6) is 0.925. The van der Waals surface area contributed by atoms with E-state index in [-0.39, 0.29) is 10.8 Å². The van der Waals surface area contributed by atoms with Crippen molar-refractivity contribution in [2.45, 2.75) is 46.4 Å². The van der Waals surface area contributed by atoms with Gasteiger partial charge in [-0.3, -0.25) is 4.79 Å². The number of sulfonamides is 1. The normalized spacial score (nSPS) is 11.8. The number of nitrogens with zero attached hydrogens (tertiary/aromatic N) is 1. The maximum atomic E-state index is 12.8. The van der Waals surface area contributed by atoms with Crippen LogP contribution in [0, 0.1) is 27.7 Å². The Morgan fingerprint density at radius 1 is 1.08 bits per heavy atom. The maximum Gasteiger partial charge on any atom is 0.259 e. The molecule has 0 aliphatic carbocycles. The fraction of sp³-hybridized carbons (Fsp3) is 0.421. The number of aryl methyl sites for hydroxylation is 3. The molecule has 0 saturated heterocycles. The third kappa shape index (κ3) is 3.68. The van der Waals surface area contributed by atoms with Gasteiger partial charge >= 0.3 is 0 Å². The molecule has 0 atom stereocenters. The number of furan rings is 1. The highest BCUT2D eigenvalue weighted by molar-refractivity contribution is 7.89. The summed E-state index contributed by atoms with van der Waals surface area (Å²) in [6.45, 7) is 11.5. The fourth-order valence-corrected chi connectivity index (χ4v) is 4.69. The smallest absolute Gasteiger partial charge is 0.259 e. The molecule has 142 valence electrons. The van der Waals surface area contributed by atoms with Gasteiger partial charge in [-0.15, -0.1) is 0 Å². The van der Waals surface area contributed by atoms with Crippen molar-refractivity contribution in [1.82, 2.24) is 4.31 Å². The highest BCUT2D eigenvalue weighted by atomic mass is 32.2. The molecule has 2 aromatic rings. The number of benzene rings is 1. The van der Waals surface area contributed by atoms with Crippen LogP contribution in [-0.2, 0) is 10.0 Å². The van der Waals surface area contributed by atoms with Crippen LogP contribution in [0.5, 0.6) is 0 Å². The summed E-state index contributed by atoms with van der Waals surface area (Å²) in [7, 11) is -3.60. The van der Waals surface area contributed by atoms with Gasteiger partial charge in [-0.05, 0) is 45.4 Å². The van der Waals surface area contributed by atoms with Crippen molar-refractivity contribution in [1.29, 1.82) is 0 Å². The highest BCUT2D eigenvalue weighted by Gasteiger charge is 2.25. The molecule has 1 N–H and O–H groups in total. The first-order valence-corrected chi connectivity index (χ1v) is 10.1. The second-order valence-corrected chi connectivity index (χ2v) is 8.14. The van der Waals surface area contributed by atoms with Gasteiger partial charge in [0, 0.05) is 24.3 Å². The number of nitrogens with one attached hydrogen (secondary N) is 1. The molecule has 7 heteroatoms. The van der Waals surface area contributed by atoms with Crippen LogP contribution in [-0.4, -0.2) is 31.7 Å². The third-order valence-electron chi connectivity index (χ3n) is 4.56. The van der Waals surface area contributed by atoms with E-state index in [1.807, 2.05) is 6.92 Å². The van der Waals surface area contributed by atoms with Gasteiger partial charge in [-0.1, -0.05) is 19.9 Å². The fourth-order valence-electron chi connectivity index (χ4n) is 2.98. The van der Waals surface area contributed by atoms with E-state index in [1.54, 1.807) is 46.8 Å². The van der Waals surface area contributed by atoms with Crippen LogP contribution in [0.15, 0.2) is 27.5 Å². The molecule has 0 unspecified atom stereocenters. The Morgan fingerprint density at radius 3 is 2.19 bits per heavy atom. The van der Waals surface area contributed by atoms with Crippen LogP contribution in [0.4, 0.5) is 5.69 Å². The maximum absolute atomic E-state index is 12.8. The Bertz CT molecular complexity index is 925. The standard InChI is InChI=1S/C19H26N2O4S/c1-7-21(8-2)26(23,24)17-11-16(10-9-12(17)3)20-19(22)18-13(4)14(5)25-15(18)6/h9-11H,7-8H2,1-6H3,(H,20,22). The SMILES string of the molecule is CCN(CC)S(=O)(=O)c1cc(NC(=O)c2c(C)oc(C)c2C)ccc1C. The lowest BCUT2D eigenvalue weighted by molar-refractivity contribution is 0.102. The molecule has 0 bridgehead atoms. The third-order valence-corrected chi connectivity index (χ3v) is 6.75. The largest absolute Gasteiger partial charge is 0.466 e. The lowest BCUT2D eigenvalue weighted by Crippen LogP contribution is -2.31. The average molecular weight is 378 g/mol. The summed E-state index contributed by atoms with van der Waals surface area (Å²) in [5.41, 5.74) is 2.34. The van der Waals surface area contributed by atoms with Crippen LogP contribution >= 0.6 is 0 Å². The minimum Gasteiger partial charge on any atom is -0.466 e. The topological polar surface area (TPSA) is 79.6 Å². The average Bonchev–Trinajstić information content (AvgIpc) is 2.82. The first-order valence-electron chi connectivity index (χ1n) is 8.62. The molecule has 1 amide bonds. The number of carbonyl (C=O) groups is 1. The summed E-state index contributed by atoms with van der Waals surface area (Å²) in [5, 5.41) is 2.79. The second kappa shape index (κ2) is 7.63. The molecule has 2 rings (SSSR count). The van der Waals surface area contributed by atoms with Gasteiger partial charge in [0.1, 0.15) is 11.5 Å². The number of carbonyl (C=O) groups excluding carboxylic acids is 1. The van der Waals surface area contributed by atoms with E-state index in [4.69, 9.17) is 4.42 Å². The van der Waals surface area contributed by atoms with Gasteiger partial charge in [0.25, 0.3) is 5.91 Å². The number of hydrogen-bond acceptors (Lipinski definition) is 4. The van der Waals surface area contributed by atoms with Gasteiger partial charge in [0.15, 0.2) is 0 Å². The number of anilines is 1. The molecule has 0 aliphatic rings. The molecule has 6 nitrogen and oxygen atoms in total. The summed E-state index contributed by atoms with van der Waals surface area (Å²) >= 11 is 0. The van der Waals surface area contributed by atoms with Crippen LogP contribution in [0.2, 0.25) is 0 Å². The first-order chi connectivity index (χ1) is 12.1. The summed E-state index contributed by atoms with van der Waals surface area (Å²) in [6.07, 6.45) is 0. The zero-order valence-corrected chi connectivity index (χ0v) is 17.0. The second-order valence-electron chi connectivity index (χ2n) is 6.24. The van der Waals surface area contributed by atoms with Crippen LogP contribution in [0.3, 0.4) is 0 Å². The Morgan fingerprint density at radius 2 is 1.69 bits per heavy atom. The van der Waals surface area contributed by atoms with Crippen LogP contribution in [0.1, 0.15) is 46.9 Å². The van der Waals surface area contributed by atoms with E-state index in [1.165, 1.54) is 10.4 Å². The van der Waals surface area contributed by atoms with E-state index in [0.29, 0.717) is 41.4 Å². The molecule has 0 radical (unpaired) electrons. The molecular weight excluding hydrogens is 352 g/mol. The molecule has 0 spiro atoms. The summed E-state index contributed by atoms with van der Waals surface area (Å²) in [4.78, 5) is 12.8. The number of hydrogen-bond donors (Lipinski definition) is 1. The molecule has 1 heterocycles. The van der Waals surface area contributed by atoms with Crippen molar-refractivity contribution in [2.75, 3.05) is 18.4 Å². The van der Waals surface area contributed by atoms with Crippen molar-refractivity contribution in [3.05, 3.63) is 46.4 Å². The first kappa shape index (κ1) is 20.2. The minimum atomic E-state index is -3.60. The van der Waals surface area contributed by atoms with E-state index in [0.717, 1.165) is 5.56 Å². The quantitative estimate of drug-likeness (QED) is 0.829. The van der Waals surface area contributed by atoms with Crippen LogP contribution in [0.25, 0.3) is 0 Å². The lowest BCUT2D eigenvalue weighted by atomic mass is 10.1. The zero-order chi connectivity index (χ0) is 19.6. The lowest BCUT2D eigenvalue weighted by Gasteiger charge is -2.20. The molecule has 1 aromatic heterocycles. The summed E-state index contributed by atoms with van der Waals surface area (Å²) < 4.78 is 32.6. The Labute approximate surface area is 155 Å². The van der Waals surface area contributed by atoms with Gasteiger partial charge in [0.2, 0.25) is 10.0 Å². The molecule has 1 aromatic carbocycles.